The van der Waals surface area contributed by atoms with E-state index in [-0.39, 0.29) is 18.4 Å². The van der Waals surface area contributed by atoms with Gasteiger partial charge in [0.1, 0.15) is 5.65 Å². The zero-order valence-corrected chi connectivity index (χ0v) is 18.6. The summed E-state index contributed by atoms with van der Waals surface area (Å²) in [6.45, 7) is 1.95. The minimum absolute atomic E-state index is 0.0821. The van der Waals surface area contributed by atoms with Gasteiger partial charge in [-0.15, -0.1) is 11.8 Å². The van der Waals surface area contributed by atoms with Crippen LogP contribution in [0.3, 0.4) is 0 Å². The van der Waals surface area contributed by atoms with Gasteiger partial charge in [0.2, 0.25) is 5.91 Å². The molecule has 0 aliphatic carbocycles. The summed E-state index contributed by atoms with van der Waals surface area (Å²) < 4.78 is 2.00. The number of aromatic nitrogens is 2. The number of imidazole rings is 1. The fourth-order valence-electron chi connectivity index (χ4n) is 3.32. The molecule has 2 N–H and O–H groups in total. The lowest BCUT2D eigenvalue weighted by molar-refractivity contribution is -0.115. The summed E-state index contributed by atoms with van der Waals surface area (Å²) in [4.78, 5) is 30.3. The van der Waals surface area contributed by atoms with Crippen molar-refractivity contribution in [1.82, 2.24) is 14.7 Å². The lowest BCUT2D eigenvalue weighted by Crippen LogP contribution is -2.33. The molecule has 0 fully saturated rings. The lowest BCUT2D eigenvalue weighted by Gasteiger charge is -2.10. The number of amides is 2. The predicted molar refractivity (Wildman–Crippen MR) is 128 cm³/mol. The number of nitrogens with zero attached hydrogens (tertiary/aromatic N) is 2. The maximum absolute atomic E-state index is 12.4. The fourth-order valence-corrected chi connectivity index (χ4v) is 4.11. The van der Waals surface area contributed by atoms with Crippen LogP contribution in [0.5, 0.6) is 0 Å². The van der Waals surface area contributed by atoms with Crippen molar-refractivity contribution in [1.29, 1.82) is 0 Å². The second kappa shape index (κ2) is 10.2. The Kier molecular flexibility index (Phi) is 6.87. The molecule has 4 rings (SSSR count). The highest BCUT2D eigenvalue weighted by Gasteiger charge is 2.10. The number of anilines is 1. The number of para-hydroxylation sites is 1. The van der Waals surface area contributed by atoms with E-state index in [9.17, 15) is 9.59 Å². The number of pyridine rings is 1. The summed E-state index contributed by atoms with van der Waals surface area (Å²) in [5, 5.41) is 5.53. The number of carbonyl (C=O) groups excluding carboxylic acids is 2. The van der Waals surface area contributed by atoms with Crippen LogP contribution >= 0.6 is 11.8 Å². The van der Waals surface area contributed by atoms with Crippen LogP contribution in [-0.4, -0.2) is 27.7 Å². The minimum atomic E-state index is -0.277. The van der Waals surface area contributed by atoms with E-state index < -0.39 is 0 Å². The maximum atomic E-state index is 12.4. The van der Waals surface area contributed by atoms with Gasteiger partial charge in [-0.1, -0.05) is 31.2 Å². The molecule has 0 saturated carbocycles. The van der Waals surface area contributed by atoms with Gasteiger partial charge >= 0.3 is 0 Å². The third-order valence-corrected chi connectivity index (χ3v) is 6.04. The molecular formula is C25H24N4O2S. The van der Waals surface area contributed by atoms with Crippen molar-refractivity contribution in [2.45, 2.75) is 24.0 Å². The molecule has 162 valence electrons. The zero-order chi connectivity index (χ0) is 22.3. The highest BCUT2D eigenvalue weighted by Crippen LogP contribution is 2.23. The van der Waals surface area contributed by atoms with Crippen molar-refractivity contribution >= 4 is 34.9 Å². The molecule has 0 atom stereocenters. The highest BCUT2D eigenvalue weighted by atomic mass is 32.2. The first-order valence-corrected chi connectivity index (χ1v) is 11.4. The monoisotopic (exact) mass is 444 g/mol. The van der Waals surface area contributed by atoms with Gasteiger partial charge < -0.3 is 15.0 Å². The smallest absolute Gasteiger partial charge is 0.251 e. The van der Waals surface area contributed by atoms with Crippen LogP contribution < -0.4 is 10.6 Å². The Labute approximate surface area is 191 Å². The van der Waals surface area contributed by atoms with E-state index in [1.807, 2.05) is 78.3 Å². The van der Waals surface area contributed by atoms with E-state index in [0.717, 1.165) is 39.7 Å². The Hall–Kier alpha value is -3.58. The molecule has 7 heteroatoms. The van der Waals surface area contributed by atoms with Crippen LogP contribution in [0.4, 0.5) is 5.69 Å². The van der Waals surface area contributed by atoms with Crippen molar-refractivity contribution in [2.24, 2.45) is 0 Å². The average Bonchev–Trinajstić information content (AvgIpc) is 3.25. The van der Waals surface area contributed by atoms with Gasteiger partial charge in [-0.25, -0.2) is 4.98 Å². The third kappa shape index (κ3) is 5.36. The maximum Gasteiger partial charge on any atom is 0.251 e. The van der Waals surface area contributed by atoms with Gasteiger partial charge in [-0.05, 0) is 54.4 Å². The van der Waals surface area contributed by atoms with Gasteiger partial charge in [0.05, 0.1) is 12.2 Å². The highest BCUT2D eigenvalue weighted by molar-refractivity contribution is 7.98. The van der Waals surface area contributed by atoms with Crippen LogP contribution in [0.2, 0.25) is 0 Å². The Bertz CT molecular complexity index is 1200. The van der Waals surface area contributed by atoms with Crippen LogP contribution in [0, 0.1) is 0 Å². The van der Waals surface area contributed by atoms with Gasteiger partial charge in [-0.3, -0.25) is 9.59 Å². The number of rotatable bonds is 8. The van der Waals surface area contributed by atoms with Gasteiger partial charge in [0.15, 0.2) is 0 Å². The van der Waals surface area contributed by atoms with Gasteiger partial charge in [0.25, 0.3) is 5.91 Å². The molecule has 4 aromatic rings. The summed E-state index contributed by atoms with van der Waals surface area (Å²) in [7, 11) is 0. The number of fused-ring (bicyclic) bond motifs is 1. The van der Waals surface area contributed by atoms with Crippen molar-refractivity contribution in [3.05, 3.63) is 95.9 Å². The normalized spacial score (nSPS) is 10.8. The van der Waals surface area contributed by atoms with E-state index >= 15 is 0 Å². The molecule has 32 heavy (non-hydrogen) atoms. The number of hydrogen-bond donors (Lipinski definition) is 2. The molecule has 6 nitrogen and oxygen atoms in total. The third-order valence-electron chi connectivity index (χ3n) is 5.00. The predicted octanol–water partition coefficient (Wildman–Crippen LogP) is 4.56. The quantitative estimate of drug-likeness (QED) is 0.391. The molecule has 0 aliphatic heterocycles. The largest absolute Gasteiger partial charge is 0.343 e. The summed E-state index contributed by atoms with van der Waals surface area (Å²) in [6, 6.07) is 20.9. The van der Waals surface area contributed by atoms with Crippen molar-refractivity contribution < 1.29 is 9.59 Å². The summed E-state index contributed by atoms with van der Waals surface area (Å²) >= 11 is 1.66. The number of nitrogens with one attached hydrogen (secondary N) is 2. The first-order chi connectivity index (χ1) is 15.6. The average molecular weight is 445 g/mol. The molecule has 0 bridgehead atoms. The molecule has 0 unspecified atom stereocenters. The van der Waals surface area contributed by atoms with Crippen molar-refractivity contribution in [2.75, 3.05) is 11.9 Å². The van der Waals surface area contributed by atoms with E-state index in [0.29, 0.717) is 5.56 Å². The standard InChI is InChI=1S/C25H24N4O2S/c1-2-18-7-3-4-8-22(18)28-24(30)15-26-25(31)19-10-12-21(13-11-19)32-17-20-16-29-14-6-5-9-23(29)27-20/h3-14,16H,2,15,17H2,1H3,(H,26,31)(H,28,30). The van der Waals surface area contributed by atoms with E-state index in [4.69, 9.17) is 0 Å². The van der Waals surface area contributed by atoms with Gasteiger partial charge in [-0.2, -0.15) is 0 Å². The molecule has 0 radical (unpaired) electrons. The molecule has 2 aromatic heterocycles. The number of benzene rings is 2. The number of carbonyl (C=O) groups is 2. The summed E-state index contributed by atoms with van der Waals surface area (Å²) in [5.41, 5.74) is 4.28. The second-order valence-electron chi connectivity index (χ2n) is 7.25. The molecule has 0 aliphatic rings. The molecular weight excluding hydrogens is 420 g/mol. The van der Waals surface area contributed by atoms with Crippen molar-refractivity contribution in [3.8, 4) is 0 Å². The van der Waals surface area contributed by atoms with Gasteiger partial charge in [0, 0.05) is 34.3 Å². The topological polar surface area (TPSA) is 75.5 Å². The van der Waals surface area contributed by atoms with Crippen LogP contribution in [0.15, 0.2) is 84.0 Å². The Balaban J connectivity index is 1.27. The lowest BCUT2D eigenvalue weighted by atomic mass is 10.1. The number of aryl methyl sites for hydroxylation is 1. The fraction of sp³-hybridized carbons (Fsp3) is 0.160. The second-order valence-corrected chi connectivity index (χ2v) is 8.30. The molecule has 2 amide bonds. The molecule has 2 aromatic carbocycles. The first kappa shape index (κ1) is 21.6. The Morgan fingerprint density at radius 1 is 1.00 bits per heavy atom. The minimum Gasteiger partial charge on any atom is -0.343 e. The first-order valence-electron chi connectivity index (χ1n) is 10.4. The van der Waals surface area contributed by atoms with E-state index in [1.165, 1.54) is 0 Å². The van der Waals surface area contributed by atoms with Crippen LogP contribution in [0.1, 0.15) is 28.5 Å². The Morgan fingerprint density at radius 2 is 1.78 bits per heavy atom. The summed E-state index contributed by atoms with van der Waals surface area (Å²) in [5.74, 6) is 0.215. The molecule has 0 spiro atoms. The van der Waals surface area contributed by atoms with Crippen molar-refractivity contribution in [3.63, 3.8) is 0 Å². The van der Waals surface area contributed by atoms with E-state index in [1.54, 1.807) is 23.9 Å². The Morgan fingerprint density at radius 3 is 2.56 bits per heavy atom. The number of thioether (sulfide) groups is 1. The van der Waals surface area contributed by atoms with Crippen LogP contribution in [0.25, 0.3) is 5.65 Å². The zero-order valence-electron chi connectivity index (χ0n) is 17.7. The molecule has 2 heterocycles. The SMILES string of the molecule is CCc1ccccc1NC(=O)CNC(=O)c1ccc(SCc2cn3ccccc3n2)cc1. The van der Waals surface area contributed by atoms with E-state index in [2.05, 4.69) is 15.6 Å². The number of hydrogen-bond acceptors (Lipinski definition) is 4. The summed E-state index contributed by atoms with van der Waals surface area (Å²) in [6.07, 6.45) is 4.82. The van der Waals surface area contributed by atoms with Crippen LogP contribution in [-0.2, 0) is 17.0 Å². The molecule has 0 saturated heterocycles.